The van der Waals surface area contributed by atoms with Crippen molar-refractivity contribution in [3.63, 3.8) is 0 Å². The van der Waals surface area contributed by atoms with Crippen LogP contribution in [0.1, 0.15) is 22.5 Å². The van der Waals surface area contributed by atoms with Crippen LogP contribution in [-0.2, 0) is 6.18 Å². The first-order chi connectivity index (χ1) is 12.2. The van der Waals surface area contributed by atoms with Crippen molar-refractivity contribution in [2.45, 2.75) is 18.2 Å². The Morgan fingerprint density at radius 3 is 2.46 bits per heavy atom. The van der Waals surface area contributed by atoms with Gasteiger partial charge in [-0.2, -0.15) is 13.2 Å². The molecule has 0 saturated carbocycles. The van der Waals surface area contributed by atoms with E-state index in [1.54, 1.807) is 0 Å². The first-order valence-electron chi connectivity index (χ1n) is 7.99. The van der Waals surface area contributed by atoms with Crippen molar-refractivity contribution in [1.82, 2.24) is 9.88 Å². The summed E-state index contributed by atoms with van der Waals surface area (Å²) in [5, 5.41) is 19.2. The average molecular weight is 366 g/mol. The fraction of sp³-hybridized carbons (Fsp3) is 0.333. The Bertz CT molecular complexity index is 808. The highest BCUT2D eigenvalue weighted by Gasteiger charge is 2.37. The summed E-state index contributed by atoms with van der Waals surface area (Å²) in [5.41, 5.74) is -1.29. The lowest BCUT2D eigenvalue weighted by molar-refractivity contribution is -0.141. The lowest BCUT2D eigenvalue weighted by Crippen LogP contribution is -2.38. The van der Waals surface area contributed by atoms with Crippen LogP contribution in [0, 0.1) is 0 Å². The topological polar surface area (TPSA) is 73.7 Å². The molecule has 2 aromatic rings. The van der Waals surface area contributed by atoms with E-state index in [9.17, 15) is 23.1 Å². The number of carbonyl (C=O) groups is 1. The van der Waals surface area contributed by atoms with Gasteiger partial charge < -0.3 is 15.1 Å². The molecule has 3 rings (SSSR count). The van der Waals surface area contributed by atoms with Crippen LogP contribution in [-0.4, -0.2) is 51.3 Å². The fourth-order valence-electron chi connectivity index (χ4n) is 2.88. The molecule has 2 N–H and O–H groups in total. The van der Waals surface area contributed by atoms with Crippen molar-refractivity contribution in [3.05, 3.63) is 53.7 Å². The van der Waals surface area contributed by atoms with Gasteiger partial charge in [-0.25, -0.2) is 4.98 Å². The van der Waals surface area contributed by atoms with Crippen molar-refractivity contribution in [1.29, 1.82) is 0 Å². The van der Waals surface area contributed by atoms with Crippen molar-refractivity contribution in [2.75, 3.05) is 19.7 Å². The number of hydrogen-bond acceptors (Lipinski definition) is 4. The summed E-state index contributed by atoms with van der Waals surface area (Å²) >= 11 is 0. The molecular weight excluding hydrogens is 349 g/mol. The Kier molecular flexibility index (Phi) is 4.72. The van der Waals surface area contributed by atoms with E-state index in [4.69, 9.17) is 5.11 Å². The molecule has 0 bridgehead atoms. The van der Waals surface area contributed by atoms with E-state index in [-0.39, 0.29) is 18.1 Å². The van der Waals surface area contributed by atoms with E-state index in [1.165, 1.54) is 41.3 Å². The number of aromatic nitrogens is 1. The fourth-order valence-corrected chi connectivity index (χ4v) is 2.88. The maximum Gasteiger partial charge on any atom is 0.433 e. The second-order valence-electron chi connectivity index (χ2n) is 6.34. The Morgan fingerprint density at radius 1 is 1.19 bits per heavy atom. The summed E-state index contributed by atoms with van der Waals surface area (Å²) in [6, 6.07) is 9.73. The zero-order valence-electron chi connectivity index (χ0n) is 13.7. The number of carbonyl (C=O) groups excluding carboxylic acids is 1. The van der Waals surface area contributed by atoms with Gasteiger partial charge in [-0.1, -0.05) is 18.2 Å². The van der Waals surface area contributed by atoms with Gasteiger partial charge in [-0.3, -0.25) is 4.79 Å². The van der Waals surface area contributed by atoms with E-state index in [1.807, 2.05) is 0 Å². The molecule has 1 atom stereocenters. The number of benzene rings is 1. The number of pyridine rings is 1. The minimum absolute atomic E-state index is 0.0409. The van der Waals surface area contributed by atoms with Gasteiger partial charge in [0.15, 0.2) is 0 Å². The van der Waals surface area contributed by atoms with E-state index < -0.39 is 24.1 Å². The molecule has 1 amide bonds. The molecule has 0 unspecified atom stereocenters. The molecule has 138 valence electrons. The Labute approximate surface area is 147 Å². The molecule has 0 aliphatic carbocycles. The third-order valence-electron chi connectivity index (χ3n) is 4.38. The number of aliphatic hydroxyl groups excluding tert-OH is 1. The van der Waals surface area contributed by atoms with Gasteiger partial charge in [0.1, 0.15) is 11.3 Å². The van der Waals surface area contributed by atoms with Crippen LogP contribution in [0.3, 0.4) is 0 Å². The highest BCUT2D eigenvalue weighted by Crippen LogP contribution is 2.29. The SMILES string of the molecule is O=C(c1ccc(-c2cccc(C(F)(F)F)n2)cc1)N1CC[C@@](O)(CO)C1. The number of aliphatic hydroxyl groups is 2. The quantitative estimate of drug-likeness (QED) is 0.875. The summed E-state index contributed by atoms with van der Waals surface area (Å²) in [5.74, 6) is -0.307. The first kappa shape index (κ1) is 18.3. The summed E-state index contributed by atoms with van der Waals surface area (Å²) in [4.78, 5) is 17.5. The standard InChI is InChI=1S/C18H17F3N2O3/c19-18(20,21)15-3-1-2-14(22-15)12-4-6-13(7-5-12)16(25)23-9-8-17(26,10-23)11-24/h1-7,24,26H,8-11H2/t17-/m0/s1. The lowest BCUT2D eigenvalue weighted by atomic mass is 10.1. The second-order valence-corrected chi connectivity index (χ2v) is 6.34. The van der Waals surface area contributed by atoms with Crippen molar-refractivity contribution in [3.8, 4) is 11.3 Å². The van der Waals surface area contributed by atoms with Crippen LogP contribution in [0.25, 0.3) is 11.3 Å². The largest absolute Gasteiger partial charge is 0.433 e. The molecule has 2 heterocycles. The van der Waals surface area contributed by atoms with Crippen LogP contribution >= 0.6 is 0 Å². The number of likely N-dealkylation sites (tertiary alicyclic amines) is 1. The second kappa shape index (κ2) is 6.69. The molecule has 1 aliphatic heterocycles. The molecule has 0 spiro atoms. The lowest BCUT2D eigenvalue weighted by Gasteiger charge is -2.21. The van der Waals surface area contributed by atoms with E-state index in [0.29, 0.717) is 24.1 Å². The maximum atomic E-state index is 12.8. The monoisotopic (exact) mass is 366 g/mol. The zero-order valence-corrected chi connectivity index (χ0v) is 13.7. The van der Waals surface area contributed by atoms with Gasteiger partial charge in [0.05, 0.1) is 18.8 Å². The van der Waals surface area contributed by atoms with E-state index >= 15 is 0 Å². The molecule has 26 heavy (non-hydrogen) atoms. The average Bonchev–Trinajstić information content (AvgIpc) is 3.04. The Hall–Kier alpha value is -2.45. The maximum absolute atomic E-state index is 12.8. The van der Waals surface area contributed by atoms with Crippen LogP contribution in [0.5, 0.6) is 0 Å². The number of halogens is 3. The van der Waals surface area contributed by atoms with Gasteiger partial charge in [-0.15, -0.1) is 0 Å². The van der Waals surface area contributed by atoms with Crippen molar-refractivity contribution in [2.24, 2.45) is 0 Å². The third-order valence-corrected chi connectivity index (χ3v) is 4.38. The van der Waals surface area contributed by atoms with E-state index in [0.717, 1.165) is 6.07 Å². The molecule has 1 fully saturated rings. The molecule has 1 aromatic heterocycles. The predicted octanol–water partition coefficient (Wildman–Crippen LogP) is 2.34. The molecule has 0 radical (unpaired) electrons. The molecule has 1 aliphatic rings. The summed E-state index contributed by atoms with van der Waals surface area (Å²) < 4.78 is 38.3. The Morgan fingerprint density at radius 2 is 1.88 bits per heavy atom. The van der Waals surface area contributed by atoms with Crippen LogP contribution < -0.4 is 0 Å². The highest BCUT2D eigenvalue weighted by atomic mass is 19.4. The first-order valence-corrected chi connectivity index (χ1v) is 7.99. The van der Waals surface area contributed by atoms with Gasteiger partial charge in [0.2, 0.25) is 0 Å². The molecule has 5 nitrogen and oxygen atoms in total. The zero-order chi connectivity index (χ0) is 18.9. The van der Waals surface area contributed by atoms with Gasteiger partial charge >= 0.3 is 6.18 Å². The minimum Gasteiger partial charge on any atom is -0.393 e. The molecule has 1 aromatic carbocycles. The highest BCUT2D eigenvalue weighted by molar-refractivity contribution is 5.95. The summed E-state index contributed by atoms with van der Waals surface area (Å²) in [6.45, 7) is -0.0525. The van der Waals surface area contributed by atoms with Gasteiger partial charge in [0.25, 0.3) is 5.91 Å². The summed E-state index contributed by atoms with van der Waals surface area (Å²) in [6.07, 6.45) is -4.23. The van der Waals surface area contributed by atoms with Crippen LogP contribution in [0.15, 0.2) is 42.5 Å². The predicted molar refractivity (Wildman–Crippen MR) is 87.2 cm³/mol. The number of nitrogens with zero attached hydrogens (tertiary/aromatic N) is 2. The normalized spacial score (nSPS) is 20.4. The summed E-state index contributed by atoms with van der Waals surface area (Å²) in [7, 11) is 0. The number of hydrogen-bond donors (Lipinski definition) is 2. The van der Waals surface area contributed by atoms with E-state index in [2.05, 4.69) is 4.98 Å². The number of rotatable bonds is 3. The van der Waals surface area contributed by atoms with Crippen LogP contribution in [0.2, 0.25) is 0 Å². The van der Waals surface area contributed by atoms with Gasteiger partial charge in [-0.05, 0) is 30.7 Å². The minimum atomic E-state index is -4.52. The smallest absolute Gasteiger partial charge is 0.393 e. The van der Waals surface area contributed by atoms with Crippen LogP contribution in [0.4, 0.5) is 13.2 Å². The van der Waals surface area contributed by atoms with Gasteiger partial charge in [0, 0.05) is 17.7 Å². The molecule has 8 heteroatoms. The third kappa shape index (κ3) is 3.71. The molecule has 1 saturated heterocycles. The number of β-amino-alcohol motifs (C(OH)–C–C–N with tert-alkyl or cyclic N) is 1. The Balaban J connectivity index is 1.78. The van der Waals surface area contributed by atoms with Crippen molar-refractivity contribution < 1.29 is 28.2 Å². The number of alkyl halides is 3. The number of amides is 1. The van der Waals surface area contributed by atoms with Crippen molar-refractivity contribution >= 4 is 5.91 Å². The molecular formula is C18H17F3N2O3.